The van der Waals surface area contributed by atoms with Crippen LogP contribution >= 0.6 is 0 Å². The van der Waals surface area contributed by atoms with Gasteiger partial charge in [-0.3, -0.25) is 4.79 Å². The second kappa shape index (κ2) is 6.43. The summed E-state index contributed by atoms with van der Waals surface area (Å²) in [6.07, 6.45) is 1.72. The van der Waals surface area contributed by atoms with Crippen molar-refractivity contribution in [3.8, 4) is 11.5 Å². The predicted octanol–water partition coefficient (Wildman–Crippen LogP) is 3.71. The molecule has 0 radical (unpaired) electrons. The summed E-state index contributed by atoms with van der Waals surface area (Å²) >= 11 is 0. The van der Waals surface area contributed by atoms with Gasteiger partial charge in [-0.2, -0.15) is 0 Å². The highest BCUT2D eigenvalue weighted by molar-refractivity contribution is 5.81. The van der Waals surface area contributed by atoms with E-state index in [-0.39, 0.29) is 5.41 Å². The minimum absolute atomic E-state index is 0.210. The molecule has 0 aliphatic carbocycles. The molecule has 0 saturated carbocycles. The van der Waals surface area contributed by atoms with Gasteiger partial charge in [-0.05, 0) is 30.9 Å². The Morgan fingerprint density at radius 3 is 2.50 bits per heavy atom. The first-order valence-electron chi connectivity index (χ1n) is 6.31. The third-order valence-electron chi connectivity index (χ3n) is 2.53. The van der Waals surface area contributed by atoms with E-state index in [2.05, 4.69) is 20.8 Å². The third-order valence-corrected chi connectivity index (χ3v) is 2.53. The molecule has 0 aliphatic rings. The summed E-state index contributed by atoms with van der Waals surface area (Å²) in [7, 11) is 0. The van der Waals surface area contributed by atoms with Crippen molar-refractivity contribution in [2.45, 2.75) is 34.1 Å². The molecule has 0 saturated heterocycles. The lowest BCUT2D eigenvalue weighted by Crippen LogP contribution is -2.12. The van der Waals surface area contributed by atoms with Crippen molar-refractivity contribution < 1.29 is 14.3 Å². The Hall–Kier alpha value is -1.51. The molecule has 0 aliphatic heterocycles. The average molecular weight is 250 g/mol. The van der Waals surface area contributed by atoms with Gasteiger partial charge in [0.15, 0.2) is 17.8 Å². The Kier molecular flexibility index (Phi) is 5.20. The number of para-hydroxylation sites is 1. The van der Waals surface area contributed by atoms with Crippen LogP contribution in [0.2, 0.25) is 0 Å². The molecule has 0 atom stereocenters. The molecule has 18 heavy (non-hydrogen) atoms. The van der Waals surface area contributed by atoms with Crippen molar-refractivity contribution in [2.24, 2.45) is 5.41 Å². The number of ether oxygens (including phenoxy) is 2. The lowest BCUT2D eigenvalue weighted by molar-refractivity contribution is 0.111. The monoisotopic (exact) mass is 250 g/mol. The zero-order chi connectivity index (χ0) is 13.6. The van der Waals surface area contributed by atoms with Gasteiger partial charge >= 0.3 is 0 Å². The highest BCUT2D eigenvalue weighted by Gasteiger charge is 2.14. The van der Waals surface area contributed by atoms with Crippen LogP contribution in [0, 0.1) is 5.41 Å². The SMILES string of the molecule is CCOc1cccc(C=O)c1OCCC(C)(C)C. The molecule has 3 heteroatoms. The van der Waals surface area contributed by atoms with E-state index < -0.39 is 0 Å². The van der Waals surface area contributed by atoms with Crippen molar-refractivity contribution >= 4 is 6.29 Å². The van der Waals surface area contributed by atoms with Gasteiger partial charge in [0.25, 0.3) is 0 Å². The second-order valence-electron chi connectivity index (χ2n) is 5.38. The van der Waals surface area contributed by atoms with Crippen LogP contribution in [0.3, 0.4) is 0 Å². The van der Waals surface area contributed by atoms with Gasteiger partial charge in [0.2, 0.25) is 0 Å². The van der Waals surface area contributed by atoms with Gasteiger partial charge in [-0.25, -0.2) is 0 Å². The maximum Gasteiger partial charge on any atom is 0.171 e. The highest BCUT2D eigenvalue weighted by atomic mass is 16.5. The van der Waals surface area contributed by atoms with Gasteiger partial charge in [-0.1, -0.05) is 26.8 Å². The molecule has 3 nitrogen and oxygen atoms in total. The van der Waals surface area contributed by atoms with Crippen LogP contribution in [-0.2, 0) is 0 Å². The number of carbonyl (C=O) groups is 1. The zero-order valence-corrected chi connectivity index (χ0v) is 11.7. The van der Waals surface area contributed by atoms with Crippen molar-refractivity contribution in [1.82, 2.24) is 0 Å². The van der Waals surface area contributed by atoms with Crippen molar-refractivity contribution in [2.75, 3.05) is 13.2 Å². The van der Waals surface area contributed by atoms with E-state index in [1.807, 2.05) is 13.0 Å². The van der Waals surface area contributed by atoms with Crippen molar-refractivity contribution in [3.63, 3.8) is 0 Å². The maximum atomic E-state index is 11.0. The second-order valence-corrected chi connectivity index (χ2v) is 5.38. The minimum Gasteiger partial charge on any atom is -0.490 e. The van der Waals surface area contributed by atoms with Gasteiger partial charge in [0.1, 0.15) is 0 Å². The molecule has 0 aromatic heterocycles. The fourth-order valence-electron chi connectivity index (χ4n) is 1.51. The van der Waals surface area contributed by atoms with Crippen LogP contribution in [0.5, 0.6) is 11.5 Å². The molecule has 0 fully saturated rings. The topological polar surface area (TPSA) is 35.5 Å². The maximum absolute atomic E-state index is 11.0. The minimum atomic E-state index is 0.210. The van der Waals surface area contributed by atoms with E-state index in [0.717, 1.165) is 12.7 Å². The fraction of sp³-hybridized carbons (Fsp3) is 0.533. The van der Waals surface area contributed by atoms with Crippen LogP contribution in [-0.4, -0.2) is 19.5 Å². The molecule has 1 aromatic carbocycles. The highest BCUT2D eigenvalue weighted by Crippen LogP contribution is 2.31. The van der Waals surface area contributed by atoms with Gasteiger partial charge in [-0.15, -0.1) is 0 Å². The summed E-state index contributed by atoms with van der Waals surface area (Å²) in [6.45, 7) is 9.52. The van der Waals surface area contributed by atoms with E-state index in [4.69, 9.17) is 9.47 Å². The van der Waals surface area contributed by atoms with Crippen LogP contribution in [0.1, 0.15) is 44.5 Å². The molecule has 0 unspecified atom stereocenters. The summed E-state index contributed by atoms with van der Waals surface area (Å²) < 4.78 is 11.2. The van der Waals surface area contributed by atoms with Gasteiger partial charge in [0, 0.05) is 0 Å². The lowest BCUT2D eigenvalue weighted by Gasteiger charge is -2.19. The largest absolute Gasteiger partial charge is 0.490 e. The molecule has 100 valence electrons. The van der Waals surface area contributed by atoms with Gasteiger partial charge in [0.05, 0.1) is 18.8 Å². The van der Waals surface area contributed by atoms with E-state index in [9.17, 15) is 4.79 Å². The Bertz CT molecular complexity index is 391. The van der Waals surface area contributed by atoms with Crippen LogP contribution in [0.4, 0.5) is 0 Å². The molecule has 0 heterocycles. The first-order valence-corrected chi connectivity index (χ1v) is 6.31. The number of rotatable bonds is 6. The number of benzene rings is 1. The molecular formula is C15H22O3. The molecule has 0 bridgehead atoms. The predicted molar refractivity (Wildman–Crippen MR) is 72.6 cm³/mol. The molecule has 1 rings (SSSR count). The van der Waals surface area contributed by atoms with E-state index >= 15 is 0 Å². The summed E-state index contributed by atoms with van der Waals surface area (Å²) in [4.78, 5) is 11.0. The summed E-state index contributed by atoms with van der Waals surface area (Å²) in [5.41, 5.74) is 0.747. The number of hydrogen-bond donors (Lipinski definition) is 0. The normalized spacial score (nSPS) is 11.1. The Morgan fingerprint density at radius 2 is 1.94 bits per heavy atom. The van der Waals surface area contributed by atoms with E-state index in [1.165, 1.54) is 0 Å². The Balaban J connectivity index is 2.80. The van der Waals surface area contributed by atoms with Crippen molar-refractivity contribution in [3.05, 3.63) is 23.8 Å². The molecule has 0 amide bonds. The zero-order valence-electron chi connectivity index (χ0n) is 11.7. The van der Waals surface area contributed by atoms with Crippen LogP contribution in [0.25, 0.3) is 0 Å². The lowest BCUT2D eigenvalue weighted by atomic mass is 9.93. The standard InChI is InChI=1S/C15H22O3/c1-5-17-13-8-6-7-12(11-16)14(13)18-10-9-15(2,3)4/h6-8,11H,5,9-10H2,1-4H3. The third kappa shape index (κ3) is 4.40. The number of hydrogen-bond acceptors (Lipinski definition) is 3. The summed E-state index contributed by atoms with van der Waals surface area (Å²) in [6, 6.07) is 5.36. The van der Waals surface area contributed by atoms with Crippen LogP contribution in [0.15, 0.2) is 18.2 Å². The molecule has 0 spiro atoms. The van der Waals surface area contributed by atoms with E-state index in [0.29, 0.717) is 30.3 Å². The molecular weight excluding hydrogens is 228 g/mol. The molecule has 1 aromatic rings. The van der Waals surface area contributed by atoms with Crippen LogP contribution < -0.4 is 9.47 Å². The summed E-state index contributed by atoms with van der Waals surface area (Å²) in [5, 5.41) is 0. The first-order chi connectivity index (χ1) is 8.48. The fourth-order valence-corrected chi connectivity index (χ4v) is 1.51. The Morgan fingerprint density at radius 1 is 1.22 bits per heavy atom. The smallest absolute Gasteiger partial charge is 0.171 e. The van der Waals surface area contributed by atoms with E-state index in [1.54, 1.807) is 12.1 Å². The first kappa shape index (κ1) is 14.6. The van der Waals surface area contributed by atoms with Crippen molar-refractivity contribution in [1.29, 1.82) is 0 Å². The quantitative estimate of drug-likeness (QED) is 0.722. The Labute approximate surface area is 109 Å². The number of carbonyl (C=O) groups excluding carboxylic acids is 1. The molecule has 0 N–H and O–H groups in total. The summed E-state index contributed by atoms with van der Waals surface area (Å²) in [5.74, 6) is 1.19. The van der Waals surface area contributed by atoms with Gasteiger partial charge < -0.3 is 9.47 Å². The average Bonchev–Trinajstić information content (AvgIpc) is 2.29. The number of aldehydes is 1.